The molecule has 0 aliphatic rings. The average molecular weight is 428 g/mol. The molecule has 30 heavy (non-hydrogen) atoms. The van der Waals surface area contributed by atoms with Gasteiger partial charge in [-0.05, 0) is 61.2 Å². The first-order valence-electron chi connectivity index (χ1n) is 9.68. The minimum absolute atomic E-state index is 0.202. The number of hydrogen-bond donors (Lipinski definition) is 2. The highest BCUT2D eigenvalue weighted by Crippen LogP contribution is 2.23. The molecule has 1 heterocycles. The number of rotatable bonds is 8. The van der Waals surface area contributed by atoms with Crippen molar-refractivity contribution in [3.05, 3.63) is 66.7 Å². The molecule has 0 saturated heterocycles. The van der Waals surface area contributed by atoms with Crippen LogP contribution in [0.1, 0.15) is 44.7 Å². The topological polar surface area (TPSA) is 106 Å². The van der Waals surface area contributed by atoms with Crippen LogP contribution in [0.25, 0.3) is 0 Å². The van der Waals surface area contributed by atoms with Crippen LogP contribution in [0.4, 0.5) is 11.4 Å². The number of amides is 1. The lowest BCUT2D eigenvalue weighted by molar-refractivity contribution is -0.119. The Morgan fingerprint density at radius 3 is 2.23 bits per heavy atom. The van der Waals surface area contributed by atoms with Crippen molar-refractivity contribution in [1.29, 1.82) is 0 Å². The number of nitrogens with zero attached hydrogens (tertiary/aromatic N) is 3. The number of carbonyl (C=O) groups is 1. The quantitative estimate of drug-likeness (QED) is 0.569. The van der Waals surface area contributed by atoms with E-state index in [9.17, 15) is 13.2 Å². The van der Waals surface area contributed by atoms with Crippen LogP contribution in [0.3, 0.4) is 0 Å². The van der Waals surface area contributed by atoms with E-state index in [-0.39, 0.29) is 10.8 Å². The van der Waals surface area contributed by atoms with Gasteiger partial charge >= 0.3 is 0 Å². The summed E-state index contributed by atoms with van der Waals surface area (Å²) in [5.74, 6) is 0.125. The maximum Gasteiger partial charge on any atom is 0.261 e. The van der Waals surface area contributed by atoms with E-state index in [0.717, 1.165) is 12.0 Å². The van der Waals surface area contributed by atoms with Gasteiger partial charge in [-0.25, -0.2) is 18.1 Å². The standard InChI is InChI=1S/C21H25N5O3S/c1-4-15(2)17-5-11-20(12-6-17)30(28,29)25-19-9-7-18(8-10-19)24-21(27)16(3)26-14-22-13-23-26/h5-16,25H,4H2,1-3H3,(H,24,27)/t15-,16+/m0/s1. The van der Waals surface area contributed by atoms with E-state index < -0.39 is 16.1 Å². The minimum atomic E-state index is -3.70. The molecule has 2 N–H and O–H groups in total. The number of sulfonamides is 1. The molecule has 3 aromatic rings. The summed E-state index contributed by atoms with van der Waals surface area (Å²) in [6, 6.07) is 12.9. The third-order valence-electron chi connectivity index (χ3n) is 4.99. The maximum absolute atomic E-state index is 12.6. The molecule has 0 aliphatic heterocycles. The summed E-state index contributed by atoms with van der Waals surface area (Å²) in [5, 5.41) is 6.72. The lowest BCUT2D eigenvalue weighted by atomic mass is 9.99. The first kappa shape index (κ1) is 21.5. The van der Waals surface area contributed by atoms with E-state index in [1.165, 1.54) is 17.3 Å². The van der Waals surface area contributed by atoms with Gasteiger partial charge in [-0.3, -0.25) is 9.52 Å². The van der Waals surface area contributed by atoms with E-state index in [1.807, 2.05) is 12.1 Å². The Hall–Kier alpha value is -3.20. The molecule has 2 aromatic carbocycles. The molecule has 0 fully saturated rings. The molecule has 2 atom stereocenters. The highest BCUT2D eigenvalue weighted by atomic mass is 32.2. The molecule has 0 radical (unpaired) electrons. The Morgan fingerprint density at radius 2 is 1.67 bits per heavy atom. The molecule has 8 nitrogen and oxygen atoms in total. The average Bonchev–Trinajstić information content (AvgIpc) is 3.28. The second-order valence-electron chi connectivity index (χ2n) is 7.10. The van der Waals surface area contributed by atoms with Gasteiger partial charge in [0.15, 0.2) is 0 Å². The lowest BCUT2D eigenvalue weighted by Crippen LogP contribution is -2.24. The third kappa shape index (κ3) is 5.04. The number of aromatic nitrogens is 3. The van der Waals surface area contributed by atoms with E-state index >= 15 is 0 Å². The zero-order valence-electron chi connectivity index (χ0n) is 17.1. The number of carbonyl (C=O) groups excluding carboxylic acids is 1. The Bertz CT molecular complexity index is 1080. The van der Waals surface area contributed by atoms with Crippen molar-refractivity contribution in [3.8, 4) is 0 Å². The number of anilines is 2. The van der Waals surface area contributed by atoms with Gasteiger partial charge in [0.25, 0.3) is 10.0 Å². The lowest BCUT2D eigenvalue weighted by Gasteiger charge is -2.13. The maximum atomic E-state index is 12.6. The second-order valence-corrected chi connectivity index (χ2v) is 8.78. The number of benzene rings is 2. The van der Waals surface area contributed by atoms with Crippen molar-refractivity contribution < 1.29 is 13.2 Å². The second kappa shape index (κ2) is 9.08. The molecular weight excluding hydrogens is 402 g/mol. The van der Waals surface area contributed by atoms with Crippen LogP contribution in [0.2, 0.25) is 0 Å². The summed E-state index contributed by atoms with van der Waals surface area (Å²) in [5.41, 5.74) is 2.06. The molecular formula is C21H25N5O3S. The van der Waals surface area contributed by atoms with Gasteiger partial charge in [-0.2, -0.15) is 5.10 Å². The van der Waals surface area contributed by atoms with Crippen LogP contribution in [0.5, 0.6) is 0 Å². The van der Waals surface area contributed by atoms with E-state index in [2.05, 4.69) is 34.0 Å². The van der Waals surface area contributed by atoms with Crippen LogP contribution in [0, 0.1) is 0 Å². The molecule has 0 saturated carbocycles. The molecule has 1 amide bonds. The van der Waals surface area contributed by atoms with Crippen molar-refractivity contribution in [1.82, 2.24) is 14.8 Å². The molecule has 0 unspecified atom stereocenters. The van der Waals surface area contributed by atoms with Crippen LogP contribution >= 0.6 is 0 Å². The van der Waals surface area contributed by atoms with Crippen molar-refractivity contribution in [3.63, 3.8) is 0 Å². The first-order chi connectivity index (χ1) is 14.3. The molecule has 0 aliphatic carbocycles. The van der Waals surface area contributed by atoms with Crippen LogP contribution in [-0.2, 0) is 14.8 Å². The highest BCUT2D eigenvalue weighted by Gasteiger charge is 2.17. The molecule has 0 spiro atoms. The Kier molecular flexibility index (Phi) is 6.51. The summed E-state index contributed by atoms with van der Waals surface area (Å²) >= 11 is 0. The summed E-state index contributed by atoms with van der Waals surface area (Å²) in [7, 11) is -3.70. The van der Waals surface area contributed by atoms with Crippen LogP contribution < -0.4 is 10.0 Å². The smallest absolute Gasteiger partial charge is 0.261 e. The molecule has 158 valence electrons. The normalized spacial score (nSPS) is 13.4. The van der Waals surface area contributed by atoms with Crippen molar-refractivity contribution in [2.24, 2.45) is 0 Å². The fourth-order valence-electron chi connectivity index (χ4n) is 2.83. The van der Waals surface area contributed by atoms with Crippen LogP contribution in [0.15, 0.2) is 66.1 Å². The van der Waals surface area contributed by atoms with Gasteiger partial charge in [-0.15, -0.1) is 0 Å². The highest BCUT2D eigenvalue weighted by molar-refractivity contribution is 7.92. The summed E-state index contributed by atoms with van der Waals surface area (Å²) in [6.07, 6.45) is 3.82. The van der Waals surface area contributed by atoms with Crippen LogP contribution in [-0.4, -0.2) is 29.1 Å². The minimum Gasteiger partial charge on any atom is -0.324 e. The van der Waals surface area contributed by atoms with Gasteiger partial charge < -0.3 is 5.32 Å². The largest absolute Gasteiger partial charge is 0.324 e. The van der Waals surface area contributed by atoms with Gasteiger partial charge in [0, 0.05) is 11.4 Å². The third-order valence-corrected chi connectivity index (χ3v) is 6.39. The van der Waals surface area contributed by atoms with E-state index in [0.29, 0.717) is 17.3 Å². The predicted octanol–water partition coefficient (Wildman–Crippen LogP) is 3.79. The Morgan fingerprint density at radius 1 is 1.03 bits per heavy atom. The van der Waals surface area contributed by atoms with Gasteiger partial charge in [0.2, 0.25) is 5.91 Å². The van der Waals surface area contributed by atoms with Gasteiger partial charge in [0.1, 0.15) is 18.7 Å². The van der Waals surface area contributed by atoms with Gasteiger partial charge in [0.05, 0.1) is 4.90 Å². The number of nitrogens with one attached hydrogen (secondary N) is 2. The SMILES string of the molecule is CC[C@H](C)c1ccc(S(=O)(=O)Nc2ccc(NC(=O)[C@@H](C)n3cncn3)cc2)cc1. The Balaban J connectivity index is 1.65. The van der Waals surface area contributed by atoms with Crippen molar-refractivity contribution in [2.45, 2.75) is 44.0 Å². The Labute approximate surface area is 176 Å². The molecule has 0 bridgehead atoms. The van der Waals surface area contributed by atoms with E-state index in [4.69, 9.17) is 0 Å². The fourth-order valence-corrected chi connectivity index (χ4v) is 3.89. The van der Waals surface area contributed by atoms with Crippen molar-refractivity contribution >= 4 is 27.3 Å². The molecule has 3 rings (SSSR count). The number of hydrogen-bond acceptors (Lipinski definition) is 5. The first-order valence-corrected chi connectivity index (χ1v) is 11.2. The summed E-state index contributed by atoms with van der Waals surface area (Å²) in [4.78, 5) is 16.3. The zero-order chi connectivity index (χ0) is 21.7. The van der Waals surface area contributed by atoms with E-state index in [1.54, 1.807) is 43.3 Å². The van der Waals surface area contributed by atoms with Crippen molar-refractivity contribution in [2.75, 3.05) is 10.0 Å². The molecule has 1 aromatic heterocycles. The molecule has 9 heteroatoms. The summed E-state index contributed by atoms with van der Waals surface area (Å²) < 4.78 is 29.3. The summed E-state index contributed by atoms with van der Waals surface area (Å²) in [6.45, 7) is 5.91. The fraction of sp³-hybridized carbons (Fsp3) is 0.286. The predicted molar refractivity (Wildman–Crippen MR) is 116 cm³/mol. The monoisotopic (exact) mass is 427 g/mol. The van der Waals surface area contributed by atoms with Gasteiger partial charge in [-0.1, -0.05) is 26.0 Å². The zero-order valence-corrected chi connectivity index (χ0v) is 17.9.